The Hall–Kier alpha value is -11.7. The molecule has 0 spiro atoms. The summed E-state index contributed by atoms with van der Waals surface area (Å²) in [6, 6.07) is 6.33. The van der Waals surface area contributed by atoms with E-state index in [1.807, 2.05) is 24.3 Å². The highest BCUT2D eigenvalue weighted by Gasteiger charge is 2.41. The molecule has 33 heteroatoms. The van der Waals surface area contributed by atoms with Crippen LogP contribution in [0, 0.1) is 0 Å². The van der Waals surface area contributed by atoms with Crippen molar-refractivity contribution in [2.75, 3.05) is 19.7 Å². The van der Waals surface area contributed by atoms with Gasteiger partial charge in [0.25, 0.3) is 0 Å². The van der Waals surface area contributed by atoms with E-state index in [4.69, 9.17) is 5.73 Å². The van der Waals surface area contributed by atoms with Gasteiger partial charge in [-0.2, -0.15) is 0 Å². The van der Waals surface area contributed by atoms with Crippen LogP contribution in [-0.2, 0) is 89.6 Å². The van der Waals surface area contributed by atoms with Crippen molar-refractivity contribution in [3.05, 3.63) is 145 Å². The maximum atomic E-state index is 14.8. The largest absolute Gasteiger partial charge is 0.481 e. The number of carboxylic acid groups (broad SMARTS) is 2. The molecule has 6 heterocycles. The first kappa shape index (κ1) is 73.5. The zero-order chi connectivity index (χ0) is 72.3. The number of fused-ring (bicyclic) bond motifs is 3. The van der Waals surface area contributed by atoms with Crippen molar-refractivity contribution in [2.24, 2.45) is 5.73 Å². The van der Waals surface area contributed by atoms with Crippen LogP contribution < -0.4 is 53.6 Å². The average Bonchev–Trinajstić information content (AvgIpc) is 1.75. The van der Waals surface area contributed by atoms with Crippen LogP contribution in [0.3, 0.4) is 0 Å². The molecule has 0 saturated carbocycles. The number of imidazole rings is 2. The third kappa shape index (κ3) is 19.6. The van der Waals surface area contributed by atoms with Gasteiger partial charge in [0.05, 0.1) is 37.1 Å². The molecule has 3 aromatic carbocycles. The van der Waals surface area contributed by atoms with Gasteiger partial charge in [-0.15, -0.1) is 0 Å². The lowest BCUT2D eigenvalue weighted by Gasteiger charge is -2.30. The fourth-order valence-electron chi connectivity index (χ4n) is 12.2. The van der Waals surface area contributed by atoms with Crippen LogP contribution in [-0.4, -0.2) is 206 Å². The average molecular weight is 1390 g/mol. The Labute approximate surface area is 576 Å². The number of carbonyl (C=O) groups is 12. The van der Waals surface area contributed by atoms with Crippen molar-refractivity contribution in [3.8, 4) is 0 Å². The molecule has 8 aromatic rings. The van der Waals surface area contributed by atoms with Crippen molar-refractivity contribution in [3.63, 3.8) is 0 Å². The number of aliphatic carboxylic acids is 2. The van der Waals surface area contributed by atoms with Gasteiger partial charge in [-0.05, 0) is 80.5 Å². The molecule has 19 N–H and O–H groups in total. The number of amides is 10. The number of para-hydroxylation sites is 3. The molecular formula is C68H82N18O15. The van der Waals surface area contributed by atoms with E-state index in [1.54, 1.807) is 67.1 Å². The number of H-pyrrole nitrogens is 5. The van der Waals surface area contributed by atoms with E-state index in [-0.39, 0.29) is 57.3 Å². The van der Waals surface area contributed by atoms with E-state index >= 15 is 0 Å². The predicted molar refractivity (Wildman–Crippen MR) is 364 cm³/mol. The summed E-state index contributed by atoms with van der Waals surface area (Å²) in [5.74, 6) is -12.0. The summed E-state index contributed by atoms with van der Waals surface area (Å²) in [4.78, 5) is 192. The van der Waals surface area contributed by atoms with E-state index in [2.05, 4.69) is 82.7 Å². The Morgan fingerprint density at radius 3 is 1.32 bits per heavy atom. The number of carboxylic acids is 2. The van der Waals surface area contributed by atoms with Crippen molar-refractivity contribution in [2.45, 2.75) is 145 Å². The quantitative estimate of drug-likeness (QED) is 0.0213. The second-order valence-corrected chi connectivity index (χ2v) is 24.7. The molecule has 10 amide bonds. The highest BCUT2D eigenvalue weighted by Crippen LogP contribution is 2.25. The standard InChI is InChI=1S/C68H82N18O15/c1-36(68(100)101)77-66(98)57-19-11-21-86(57)67(99)49(18-9-10-20-69)79-60(92)51(23-39-29-73-47-16-7-4-13-44(39)47)81-64(96)55(27-58(89)90)84-63(95)54(26-42-32-71-35-76-42)83-65(97)56(33-87)85-61(93)52(24-40-30-74-48-17-8-5-14-45(40)48)80-62(94)53(25-41-31-70-34-75-41)82-59(91)50(78-37(2)88)22-38-28-72-46-15-6-3-12-43(38)46/h3-8,12-17,28-32,34-36,49-57,72-74,87H,9-11,18-27,33,69H2,1-2H3,(H,70,75)(H,71,76)(H,77,98)(H,78,88)(H,79,92)(H,80,94)(H,81,96)(H,82,91)(H,83,97)(H,84,95)(H,85,93)(H,89,90)(H,100,101)/t36-,49+,50+,51+,52+,53+,54+,55+,56+,57+/m1/s1. The Morgan fingerprint density at radius 1 is 0.515 bits per heavy atom. The van der Waals surface area contributed by atoms with Crippen molar-refractivity contribution in [1.29, 1.82) is 0 Å². The third-order valence-corrected chi connectivity index (χ3v) is 17.4. The Balaban J connectivity index is 0.944. The van der Waals surface area contributed by atoms with Crippen molar-refractivity contribution in [1.82, 2.24) is 87.6 Å². The molecule has 1 saturated heterocycles. The number of hydrogen-bond donors (Lipinski definition) is 18. The number of rotatable bonds is 36. The van der Waals surface area contributed by atoms with Gasteiger partial charge < -0.3 is 98.7 Å². The minimum absolute atomic E-state index is 0.00815. The highest BCUT2D eigenvalue weighted by molar-refractivity contribution is 6.01. The second kappa shape index (κ2) is 34.7. The number of nitrogens with zero attached hydrogens (tertiary/aromatic N) is 3. The van der Waals surface area contributed by atoms with E-state index in [0.29, 0.717) is 63.5 Å². The molecule has 0 bridgehead atoms. The first-order valence-corrected chi connectivity index (χ1v) is 32.9. The lowest BCUT2D eigenvalue weighted by molar-refractivity contribution is -0.145. The smallest absolute Gasteiger partial charge is 0.325 e. The summed E-state index contributed by atoms with van der Waals surface area (Å²) in [6.07, 6.45) is 9.50. The number of nitrogens with one attached hydrogen (secondary N) is 14. The monoisotopic (exact) mass is 1390 g/mol. The van der Waals surface area contributed by atoms with Gasteiger partial charge in [-0.3, -0.25) is 57.5 Å². The zero-order valence-corrected chi connectivity index (χ0v) is 55.3. The van der Waals surface area contributed by atoms with Crippen LogP contribution in [0.2, 0.25) is 0 Å². The molecule has 1 aliphatic heterocycles. The third-order valence-electron chi connectivity index (χ3n) is 17.4. The zero-order valence-electron chi connectivity index (χ0n) is 55.3. The molecule has 33 nitrogen and oxygen atoms in total. The summed E-state index contributed by atoms with van der Waals surface area (Å²) in [5.41, 5.74) is 10.1. The van der Waals surface area contributed by atoms with Gasteiger partial charge >= 0.3 is 11.9 Å². The first-order valence-electron chi connectivity index (χ1n) is 32.9. The fourth-order valence-corrected chi connectivity index (χ4v) is 12.2. The van der Waals surface area contributed by atoms with Gasteiger partial charge in [0.15, 0.2) is 0 Å². The highest BCUT2D eigenvalue weighted by atomic mass is 16.4. The Morgan fingerprint density at radius 2 is 0.911 bits per heavy atom. The second-order valence-electron chi connectivity index (χ2n) is 24.7. The first-order chi connectivity index (χ1) is 48.6. The minimum atomic E-state index is -1.99. The van der Waals surface area contributed by atoms with E-state index in [0.717, 1.165) is 10.9 Å². The molecule has 101 heavy (non-hydrogen) atoms. The minimum Gasteiger partial charge on any atom is -0.481 e. The normalized spacial score (nSPS) is 15.5. The SMILES string of the molecule is CC(=O)N[C@@H](Cc1c[nH]c2ccccc12)C(=O)N[C@@H](Cc1c[nH]cn1)C(=O)N[C@@H](Cc1c[nH]c2ccccc12)C(=O)N[C@@H](CO)C(=O)N[C@@H](Cc1c[nH]cn1)C(=O)N[C@@H](CC(=O)O)C(=O)N[C@@H](Cc1c[nH]c2ccccc12)C(=O)N[C@@H](CCCCN)C(=O)N1CCC[C@H]1C(=O)N[C@H](C)C(=O)O. The van der Waals surface area contributed by atoms with Crippen molar-refractivity contribution >= 4 is 104 Å². The number of unbranched alkanes of at least 4 members (excludes halogenated alkanes) is 1. The number of aromatic amines is 5. The van der Waals surface area contributed by atoms with E-state index in [1.165, 1.54) is 43.8 Å². The van der Waals surface area contributed by atoms with Crippen LogP contribution in [0.1, 0.15) is 80.5 Å². The molecule has 10 atom stereocenters. The van der Waals surface area contributed by atoms with Crippen LogP contribution in [0.5, 0.6) is 0 Å². The van der Waals surface area contributed by atoms with Crippen LogP contribution in [0.25, 0.3) is 32.7 Å². The molecule has 0 aliphatic carbocycles. The van der Waals surface area contributed by atoms with Crippen LogP contribution >= 0.6 is 0 Å². The number of hydrogen-bond acceptors (Lipinski definition) is 16. The maximum Gasteiger partial charge on any atom is 0.325 e. The molecular weight excluding hydrogens is 1310 g/mol. The maximum absolute atomic E-state index is 14.8. The van der Waals surface area contributed by atoms with Gasteiger partial charge in [-0.1, -0.05) is 54.6 Å². The number of nitrogens with two attached hydrogens (primary N) is 1. The van der Waals surface area contributed by atoms with Gasteiger partial charge in [0.1, 0.15) is 60.4 Å². The topological polar surface area (TPSA) is 508 Å². The van der Waals surface area contributed by atoms with Crippen LogP contribution in [0.15, 0.2) is 116 Å². The molecule has 5 aromatic heterocycles. The summed E-state index contributed by atoms with van der Waals surface area (Å²) < 4.78 is 0. The summed E-state index contributed by atoms with van der Waals surface area (Å²) in [7, 11) is 0. The number of aliphatic hydroxyl groups excluding tert-OH is 1. The summed E-state index contributed by atoms with van der Waals surface area (Å²) in [5, 5.41) is 55.9. The summed E-state index contributed by atoms with van der Waals surface area (Å²) in [6.45, 7) is 1.72. The number of aromatic nitrogens is 7. The van der Waals surface area contributed by atoms with E-state index < -0.39 is 151 Å². The molecule has 534 valence electrons. The Bertz CT molecular complexity index is 4260. The molecule has 0 unspecified atom stereocenters. The number of aliphatic hydroxyl groups is 1. The van der Waals surface area contributed by atoms with Gasteiger partial charge in [-0.25, -0.2) is 9.97 Å². The number of benzene rings is 3. The fraction of sp³-hybridized carbons (Fsp3) is 0.382. The number of carbonyl (C=O) groups excluding carboxylic acids is 10. The van der Waals surface area contributed by atoms with Gasteiger partial charge in [0.2, 0.25) is 59.1 Å². The van der Waals surface area contributed by atoms with Gasteiger partial charge in [0, 0.05) is 109 Å². The lowest BCUT2D eigenvalue weighted by atomic mass is 10.0. The van der Waals surface area contributed by atoms with Crippen LogP contribution in [0.4, 0.5) is 0 Å². The molecule has 1 aliphatic rings. The molecule has 0 radical (unpaired) electrons. The predicted octanol–water partition coefficient (Wildman–Crippen LogP) is -0.835. The van der Waals surface area contributed by atoms with Crippen molar-refractivity contribution < 1.29 is 72.9 Å². The lowest BCUT2D eigenvalue weighted by Crippen LogP contribution is -2.62. The molecule has 1 fully saturated rings. The number of likely N-dealkylation sites (tertiary alicyclic amines) is 1. The van der Waals surface area contributed by atoms with E-state index in [9.17, 15) is 72.9 Å². The molecule has 9 rings (SSSR count). The summed E-state index contributed by atoms with van der Waals surface area (Å²) >= 11 is 0. The Kier molecular flexibility index (Phi) is 25.2.